The summed E-state index contributed by atoms with van der Waals surface area (Å²) in [5, 5.41) is 16.8. The van der Waals surface area contributed by atoms with Crippen molar-refractivity contribution in [2.75, 3.05) is 25.0 Å². The third-order valence-corrected chi connectivity index (χ3v) is 5.22. The Hall–Kier alpha value is -2.34. The van der Waals surface area contributed by atoms with Crippen molar-refractivity contribution in [2.45, 2.75) is 25.3 Å². The van der Waals surface area contributed by atoms with Gasteiger partial charge in [-0.3, -0.25) is 4.90 Å². The molecule has 2 aromatic rings. The Kier molecular flexibility index (Phi) is 3.98. The highest BCUT2D eigenvalue weighted by atomic mass is 16.5. The number of carboxylic acids is 1. The maximum atomic E-state index is 11.7. The van der Waals surface area contributed by atoms with Gasteiger partial charge in [-0.1, -0.05) is 35.5 Å². The summed E-state index contributed by atoms with van der Waals surface area (Å²) < 4.78 is 5.34. The highest BCUT2D eigenvalue weighted by Gasteiger charge is 2.33. The van der Waals surface area contributed by atoms with Crippen LogP contribution in [0.2, 0.25) is 0 Å². The first-order chi connectivity index (χ1) is 11.7. The van der Waals surface area contributed by atoms with E-state index in [1.807, 2.05) is 30.3 Å². The molecule has 0 radical (unpaired) electrons. The molecule has 1 aromatic heterocycles. The van der Waals surface area contributed by atoms with Gasteiger partial charge in [-0.05, 0) is 38.3 Å². The fraction of sp³-hybridized carbons (Fsp3) is 0.444. The van der Waals surface area contributed by atoms with Gasteiger partial charge in [-0.15, -0.1) is 0 Å². The van der Waals surface area contributed by atoms with Gasteiger partial charge in [0.15, 0.2) is 17.1 Å². The summed E-state index contributed by atoms with van der Waals surface area (Å²) in [6.07, 6.45) is 3.76. The monoisotopic (exact) mass is 327 g/mol. The van der Waals surface area contributed by atoms with Crippen molar-refractivity contribution < 1.29 is 14.4 Å². The van der Waals surface area contributed by atoms with Gasteiger partial charge in [0.1, 0.15) is 0 Å². The maximum absolute atomic E-state index is 11.7. The Morgan fingerprint density at radius 3 is 2.67 bits per heavy atom. The molecule has 6 nitrogen and oxygen atoms in total. The average Bonchev–Trinajstić information content (AvgIpc) is 3.06. The number of carbonyl (C=O) groups is 1. The summed E-state index contributed by atoms with van der Waals surface area (Å²) in [5.41, 5.74) is 0.827. The van der Waals surface area contributed by atoms with E-state index in [2.05, 4.69) is 15.4 Å². The van der Waals surface area contributed by atoms with E-state index >= 15 is 0 Å². The lowest BCUT2D eigenvalue weighted by atomic mass is 9.83. The Labute approximate surface area is 140 Å². The zero-order valence-corrected chi connectivity index (χ0v) is 13.4. The van der Waals surface area contributed by atoms with Crippen LogP contribution in [0, 0.1) is 5.92 Å². The van der Waals surface area contributed by atoms with Crippen molar-refractivity contribution >= 4 is 11.8 Å². The van der Waals surface area contributed by atoms with Crippen LogP contribution in [0.1, 0.15) is 29.6 Å². The van der Waals surface area contributed by atoms with Crippen LogP contribution in [0.15, 0.2) is 34.9 Å². The SMILES string of the molecule is O=C(O)c1c(NCC2CC3CCN2CC3)noc1-c1ccccc1. The summed E-state index contributed by atoms with van der Waals surface area (Å²) in [5.74, 6) is 0.418. The fourth-order valence-electron chi connectivity index (χ4n) is 3.91. The smallest absolute Gasteiger partial charge is 0.343 e. The Morgan fingerprint density at radius 2 is 2.04 bits per heavy atom. The van der Waals surface area contributed by atoms with E-state index in [9.17, 15) is 9.90 Å². The van der Waals surface area contributed by atoms with Crippen LogP contribution in [-0.4, -0.2) is 46.8 Å². The fourth-order valence-corrected chi connectivity index (χ4v) is 3.91. The van der Waals surface area contributed by atoms with Gasteiger partial charge in [-0.2, -0.15) is 0 Å². The number of rotatable bonds is 5. The predicted molar refractivity (Wildman–Crippen MR) is 90.1 cm³/mol. The van der Waals surface area contributed by atoms with E-state index in [0.717, 1.165) is 24.6 Å². The highest BCUT2D eigenvalue weighted by Crippen LogP contribution is 2.33. The van der Waals surface area contributed by atoms with Crippen LogP contribution in [-0.2, 0) is 0 Å². The first kappa shape index (κ1) is 15.2. The molecule has 24 heavy (non-hydrogen) atoms. The third kappa shape index (κ3) is 2.78. The van der Waals surface area contributed by atoms with E-state index < -0.39 is 5.97 Å². The van der Waals surface area contributed by atoms with Crippen LogP contribution in [0.25, 0.3) is 11.3 Å². The molecule has 0 amide bonds. The van der Waals surface area contributed by atoms with E-state index in [4.69, 9.17) is 4.52 Å². The quantitative estimate of drug-likeness (QED) is 0.879. The number of carboxylic acid groups (broad SMARTS) is 1. The number of hydrogen-bond acceptors (Lipinski definition) is 5. The minimum atomic E-state index is -1.02. The van der Waals surface area contributed by atoms with Crippen molar-refractivity contribution in [3.8, 4) is 11.3 Å². The normalized spacial score (nSPS) is 25.6. The molecule has 0 saturated carbocycles. The summed E-state index contributed by atoms with van der Waals surface area (Å²) in [7, 11) is 0. The van der Waals surface area contributed by atoms with E-state index in [-0.39, 0.29) is 5.56 Å². The number of aromatic carboxylic acids is 1. The van der Waals surface area contributed by atoms with Gasteiger partial charge in [-0.25, -0.2) is 4.79 Å². The molecule has 3 aliphatic rings. The second-order valence-corrected chi connectivity index (χ2v) is 6.66. The summed E-state index contributed by atoms with van der Waals surface area (Å²) in [6, 6.07) is 9.68. The zero-order valence-electron chi connectivity index (χ0n) is 13.4. The number of anilines is 1. The largest absolute Gasteiger partial charge is 0.477 e. The molecule has 3 aliphatic heterocycles. The number of nitrogens with one attached hydrogen (secondary N) is 1. The number of nitrogens with zero attached hydrogens (tertiary/aromatic N) is 2. The number of aromatic nitrogens is 1. The zero-order chi connectivity index (χ0) is 16.5. The van der Waals surface area contributed by atoms with Gasteiger partial charge in [0.25, 0.3) is 0 Å². The minimum Gasteiger partial charge on any atom is -0.477 e. The molecule has 6 heteroatoms. The molecule has 1 atom stereocenters. The van der Waals surface area contributed by atoms with Crippen molar-refractivity contribution in [3.05, 3.63) is 35.9 Å². The van der Waals surface area contributed by atoms with Crippen molar-refractivity contribution in [2.24, 2.45) is 5.92 Å². The summed E-state index contributed by atoms with van der Waals surface area (Å²) in [4.78, 5) is 14.2. The molecule has 126 valence electrons. The standard InChI is InChI=1S/C18H21N3O3/c22-18(23)15-16(13-4-2-1-3-5-13)24-20-17(15)19-11-14-10-12-6-8-21(14)9-7-12/h1-5,12,14H,6-11H2,(H,19,20)(H,22,23). The van der Waals surface area contributed by atoms with Crippen molar-refractivity contribution in [3.63, 3.8) is 0 Å². The van der Waals surface area contributed by atoms with Crippen LogP contribution < -0.4 is 5.32 Å². The van der Waals surface area contributed by atoms with Crippen molar-refractivity contribution in [1.82, 2.24) is 10.1 Å². The molecule has 3 fully saturated rings. The topological polar surface area (TPSA) is 78.6 Å². The molecule has 2 N–H and O–H groups in total. The number of fused-ring (bicyclic) bond motifs is 3. The molecule has 1 aromatic carbocycles. The van der Waals surface area contributed by atoms with Gasteiger partial charge in [0.2, 0.25) is 0 Å². The second kappa shape index (κ2) is 6.28. The second-order valence-electron chi connectivity index (χ2n) is 6.66. The number of benzene rings is 1. The van der Waals surface area contributed by atoms with Gasteiger partial charge < -0.3 is 14.9 Å². The number of hydrogen-bond donors (Lipinski definition) is 2. The number of piperidine rings is 3. The summed E-state index contributed by atoms with van der Waals surface area (Å²) in [6.45, 7) is 3.01. The Morgan fingerprint density at radius 1 is 1.29 bits per heavy atom. The van der Waals surface area contributed by atoms with E-state index in [1.165, 1.54) is 19.3 Å². The van der Waals surface area contributed by atoms with Gasteiger partial charge in [0, 0.05) is 18.2 Å². The Balaban J connectivity index is 1.53. The maximum Gasteiger partial charge on any atom is 0.343 e. The van der Waals surface area contributed by atoms with Crippen LogP contribution in [0.3, 0.4) is 0 Å². The van der Waals surface area contributed by atoms with Gasteiger partial charge in [0.05, 0.1) is 0 Å². The lowest BCUT2D eigenvalue weighted by Gasteiger charge is -2.45. The molecule has 5 rings (SSSR count). The van der Waals surface area contributed by atoms with E-state index in [0.29, 0.717) is 24.2 Å². The molecule has 0 aliphatic carbocycles. The average molecular weight is 327 g/mol. The van der Waals surface area contributed by atoms with Gasteiger partial charge >= 0.3 is 5.97 Å². The highest BCUT2D eigenvalue weighted by molar-refractivity contribution is 5.99. The predicted octanol–water partition coefficient (Wildman–Crippen LogP) is 2.94. The van der Waals surface area contributed by atoms with Crippen molar-refractivity contribution in [1.29, 1.82) is 0 Å². The van der Waals surface area contributed by atoms with Crippen LogP contribution >= 0.6 is 0 Å². The molecule has 0 spiro atoms. The molecule has 2 bridgehead atoms. The first-order valence-corrected chi connectivity index (χ1v) is 8.48. The first-order valence-electron chi connectivity index (χ1n) is 8.48. The van der Waals surface area contributed by atoms with E-state index in [1.54, 1.807) is 0 Å². The van der Waals surface area contributed by atoms with Crippen LogP contribution in [0.4, 0.5) is 5.82 Å². The molecular weight excluding hydrogens is 306 g/mol. The molecule has 3 saturated heterocycles. The third-order valence-electron chi connectivity index (χ3n) is 5.22. The lowest BCUT2D eigenvalue weighted by molar-refractivity contribution is 0.0561. The summed E-state index contributed by atoms with van der Waals surface area (Å²) >= 11 is 0. The molecule has 4 heterocycles. The van der Waals surface area contributed by atoms with Crippen LogP contribution in [0.5, 0.6) is 0 Å². The molecule has 1 unspecified atom stereocenters. The minimum absolute atomic E-state index is 0.108. The lowest BCUT2D eigenvalue weighted by Crippen LogP contribution is -2.51. The Bertz CT molecular complexity index is 720. The molecular formula is C18H21N3O3.